The summed E-state index contributed by atoms with van der Waals surface area (Å²) in [7, 11) is 0. The van der Waals surface area contributed by atoms with Crippen molar-refractivity contribution in [3.05, 3.63) is 35.4 Å². The molecule has 2 nitrogen and oxygen atoms in total. The third-order valence-corrected chi connectivity index (χ3v) is 3.32. The highest BCUT2D eigenvalue weighted by Gasteiger charge is 2.36. The molecule has 1 aromatic carbocycles. The Labute approximate surface area is 99.3 Å². The van der Waals surface area contributed by atoms with Crippen LogP contribution in [0.3, 0.4) is 0 Å². The van der Waals surface area contributed by atoms with Crippen molar-refractivity contribution >= 4 is 5.97 Å². The molecule has 0 heterocycles. The zero-order valence-electron chi connectivity index (χ0n) is 10.1. The van der Waals surface area contributed by atoms with Gasteiger partial charge < -0.3 is 5.11 Å². The molecule has 0 fully saturated rings. The minimum atomic E-state index is -0.982. The van der Waals surface area contributed by atoms with Crippen LogP contribution >= 0.6 is 0 Å². The smallest absolute Gasteiger partial charge is 0.309 e. The number of halogens is 2. The lowest BCUT2D eigenvalue weighted by Gasteiger charge is -2.29. The lowest BCUT2D eigenvalue weighted by molar-refractivity contribution is -0.150. The molecule has 1 rings (SSSR count). The lowest BCUT2D eigenvalue weighted by atomic mass is 9.74. The van der Waals surface area contributed by atoms with Gasteiger partial charge in [0.05, 0.1) is 5.41 Å². The maximum Gasteiger partial charge on any atom is 0.309 e. The number of carboxylic acids is 1. The van der Waals surface area contributed by atoms with E-state index in [-0.39, 0.29) is 12.3 Å². The predicted molar refractivity (Wildman–Crippen MR) is 60.6 cm³/mol. The van der Waals surface area contributed by atoms with E-state index in [2.05, 4.69) is 0 Å². The average molecular weight is 242 g/mol. The van der Waals surface area contributed by atoms with Crippen molar-refractivity contribution in [2.24, 2.45) is 11.3 Å². The molecular formula is C13H16F2O2. The van der Waals surface area contributed by atoms with Crippen LogP contribution in [0.25, 0.3) is 0 Å². The Morgan fingerprint density at radius 2 is 1.94 bits per heavy atom. The summed E-state index contributed by atoms with van der Waals surface area (Å²) in [6, 6.07) is 3.49. The highest BCUT2D eigenvalue weighted by molar-refractivity contribution is 5.74. The fourth-order valence-electron chi connectivity index (χ4n) is 1.60. The first-order valence-corrected chi connectivity index (χ1v) is 5.44. The molecule has 4 heteroatoms. The Hall–Kier alpha value is -1.45. The second-order valence-electron chi connectivity index (χ2n) is 4.80. The molecule has 94 valence electrons. The van der Waals surface area contributed by atoms with Crippen molar-refractivity contribution in [2.75, 3.05) is 0 Å². The molecule has 17 heavy (non-hydrogen) atoms. The summed E-state index contributed by atoms with van der Waals surface area (Å²) in [5, 5.41) is 9.22. The van der Waals surface area contributed by atoms with Crippen LogP contribution in [0.1, 0.15) is 26.3 Å². The fourth-order valence-corrected chi connectivity index (χ4v) is 1.60. The second-order valence-corrected chi connectivity index (χ2v) is 4.80. The molecule has 1 unspecified atom stereocenters. The molecule has 1 N–H and O–H groups in total. The number of benzene rings is 1. The van der Waals surface area contributed by atoms with E-state index in [1.165, 1.54) is 6.07 Å². The topological polar surface area (TPSA) is 37.3 Å². The minimum absolute atomic E-state index is 0.104. The maximum atomic E-state index is 13.0. The number of rotatable bonds is 4. The molecule has 0 aliphatic carbocycles. The molecule has 0 radical (unpaired) electrons. The normalized spacial score (nSPS) is 14.7. The van der Waals surface area contributed by atoms with Crippen LogP contribution in [0.2, 0.25) is 0 Å². The number of carboxylic acid groups (broad SMARTS) is 1. The monoisotopic (exact) mass is 242 g/mol. The van der Waals surface area contributed by atoms with Gasteiger partial charge in [-0.25, -0.2) is 8.78 Å². The van der Waals surface area contributed by atoms with Crippen LogP contribution < -0.4 is 0 Å². The van der Waals surface area contributed by atoms with Gasteiger partial charge in [-0.2, -0.15) is 0 Å². The first kappa shape index (κ1) is 13.6. The molecule has 0 spiro atoms. The number of hydrogen-bond acceptors (Lipinski definition) is 1. The summed E-state index contributed by atoms with van der Waals surface area (Å²) < 4.78 is 25.8. The fraction of sp³-hybridized carbons (Fsp3) is 0.462. The Kier molecular flexibility index (Phi) is 3.86. The summed E-state index contributed by atoms with van der Waals surface area (Å²) >= 11 is 0. The molecule has 1 atom stereocenters. The van der Waals surface area contributed by atoms with Gasteiger partial charge in [0.1, 0.15) is 0 Å². The third-order valence-electron chi connectivity index (χ3n) is 3.32. The van der Waals surface area contributed by atoms with E-state index < -0.39 is 23.0 Å². The molecule has 0 saturated heterocycles. The first-order valence-electron chi connectivity index (χ1n) is 5.44. The summed E-state index contributed by atoms with van der Waals surface area (Å²) in [4.78, 5) is 11.3. The van der Waals surface area contributed by atoms with Crippen LogP contribution in [-0.4, -0.2) is 11.1 Å². The summed E-state index contributed by atoms with van der Waals surface area (Å²) in [6.07, 6.45) is 0.178. The van der Waals surface area contributed by atoms with Crippen molar-refractivity contribution in [1.82, 2.24) is 0 Å². The van der Waals surface area contributed by atoms with Gasteiger partial charge in [0.15, 0.2) is 11.6 Å². The van der Waals surface area contributed by atoms with Crippen LogP contribution in [0.4, 0.5) is 8.78 Å². The van der Waals surface area contributed by atoms with Crippen molar-refractivity contribution in [3.8, 4) is 0 Å². The lowest BCUT2D eigenvalue weighted by Crippen LogP contribution is -2.35. The van der Waals surface area contributed by atoms with E-state index >= 15 is 0 Å². The van der Waals surface area contributed by atoms with Crippen molar-refractivity contribution in [3.63, 3.8) is 0 Å². The van der Waals surface area contributed by atoms with Gasteiger partial charge in [-0.05, 0) is 37.0 Å². The van der Waals surface area contributed by atoms with Gasteiger partial charge in [-0.15, -0.1) is 0 Å². The summed E-state index contributed by atoms with van der Waals surface area (Å²) in [6.45, 7) is 5.21. The zero-order chi connectivity index (χ0) is 13.2. The molecule has 0 aliphatic heterocycles. The van der Waals surface area contributed by atoms with Crippen LogP contribution in [-0.2, 0) is 11.2 Å². The molecule has 0 saturated carbocycles. The number of hydrogen-bond donors (Lipinski definition) is 1. The quantitative estimate of drug-likeness (QED) is 0.879. The largest absolute Gasteiger partial charge is 0.481 e. The van der Waals surface area contributed by atoms with Crippen molar-refractivity contribution in [2.45, 2.75) is 27.2 Å². The van der Waals surface area contributed by atoms with Gasteiger partial charge in [0, 0.05) is 0 Å². The Bertz CT molecular complexity index is 429. The van der Waals surface area contributed by atoms with Crippen molar-refractivity contribution in [1.29, 1.82) is 0 Å². The number of aliphatic carboxylic acids is 1. The van der Waals surface area contributed by atoms with Gasteiger partial charge in [0.2, 0.25) is 0 Å². The van der Waals surface area contributed by atoms with E-state index in [1.54, 1.807) is 20.8 Å². The van der Waals surface area contributed by atoms with Crippen LogP contribution in [0, 0.1) is 23.0 Å². The van der Waals surface area contributed by atoms with Gasteiger partial charge in [0.25, 0.3) is 0 Å². The van der Waals surface area contributed by atoms with Crippen molar-refractivity contribution < 1.29 is 18.7 Å². The third kappa shape index (κ3) is 2.81. The minimum Gasteiger partial charge on any atom is -0.481 e. The van der Waals surface area contributed by atoms with E-state index in [9.17, 15) is 18.7 Å². The highest BCUT2D eigenvalue weighted by Crippen LogP contribution is 2.32. The van der Waals surface area contributed by atoms with Crippen LogP contribution in [0.15, 0.2) is 18.2 Å². The van der Waals surface area contributed by atoms with Crippen LogP contribution in [0.5, 0.6) is 0 Å². The zero-order valence-corrected chi connectivity index (χ0v) is 10.1. The summed E-state index contributed by atoms with van der Waals surface area (Å²) in [5.74, 6) is -2.90. The first-order chi connectivity index (χ1) is 7.77. The number of carbonyl (C=O) groups is 1. The van der Waals surface area contributed by atoms with E-state index in [4.69, 9.17) is 0 Å². The van der Waals surface area contributed by atoms with E-state index in [0.717, 1.165) is 12.1 Å². The molecule has 0 amide bonds. The molecule has 0 bridgehead atoms. The second kappa shape index (κ2) is 4.82. The van der Waals surface area contributed by atoms with Gasteiger partial charge >= 0.3 is 5.97 Å². The molecular weight excluding hydrogens is 226 g/mol. The maximum absolute atomic E-state index is 13.0. The van der Waals surface area contributed by atoms with Gasteiger partial charge in [-0.3, -0.25) is 4.79 Å². The predicted octanol–water partition coefficient (Wildman–Crippen LogP) is 3.25. The van der Waals surface area contributed by atoms with Gasteiger partial charge in [-0.1, -0.05) is 19.9 Å². The Morgan fingerprint density at radius 1 is 1.35 bits per heavy atom. The molecule has 1 aromatic rings. The Balaban J connectivity index is 3.02. The van der Waals surface area contributed by atoms with E-state index in [1.807, 2.05) is 0 Å². The van der Waals surface area contributed by atoms with E-state index in [0.29, 0.717) is 5.56 Å². The Morgan fingerprint density at radius 3 is 2.35 bits per heavy atom. The highest BCUT2D eigenvalue weighted by atomic mass is 19.2. The standard InChI is InChI=1S/C13H16F2O2/c1-8(2)13(3,12(16)17)7-9-4-5-10(14)11(15)6-9/h4-6,8H,7H2,1-3H3,(H,16,17). The molecule has 0 aliphatic rings. The molecule has 0 aromatic heterocycles. The SMILES string of the molecule is CC(C)C(C)(Cc1ccc(F)c(F)c1)C(=O)O. The summed E-state index contributed by atoms with van der Waals surface area (Å²) in [5.41, 5.74) is -0.493. The average Bonchev–Trinajstić information content (AvgIpc) is 2.22.